The highest BCUT2D eigenvalue weighted by atomic mass is 19.1. The first-order chi connectivity index (χ1) is 10.6. The van der Waals surface area contributed by atoms with Crippen LogP contribution >= 0.6 is 0 Å². The highest BCUT2D eigenvalue weighted by Gasteiger charge is 2.39. The van der Waals surface area contributed by atoms with Crippen LogP contribution in [0.1, 0.15) is 40.6 Å². The summed E-state index contributed by atoms with van der Waals surface area (Å²) in [4.78, 5) is 0. The number of hydrogen-bond donors (Lipinski definition) is 1. The van der Waals surface area contributed by atoms with Gasteiger partial charge in [0.25, 0.3) is 0 Å². The van der Waals surface area contributed by atoms with Crippen LogP contribution in [0.15, 0.2) is 48.6 Å². The molecule has 3 atom stereocenters. The quantitative estimate of drug-likeness (QED) is 0.706. The average molecular weight is 293 g/mol. The van der Waals surface area contributed by atoms with E-state index in [4.69, 9.17) is 0 Å². The summed E-state index contributed by atoms with van der Waals surface area (Å²) < 4.78 is 14.3. The van der Waals surface area contributed by atoms with Crippen LogP contribution in [0.4, 0.5) is 10.1 Å². The first-order valence-corrected chi connectivity index (χ1v) is 7.94. The molecule has 2 aromatic rings. The fraction of sp³-hybridized carbons (Fsp3) is 0.300. The van der Waals surface area contributed by atoms with Gasteiger partial charge in [0.15, 0.2) is 0 Å². The molecule has 0 spiro atoms. The Hall–Kier alpha value is -2.09. The molecule has 2 aliphatic rings. The number of rotatable bonds is 1. The molecule has 22 heavy (non-hydrogen) atoms. The maximum atomic E-state index is 14.3. The van der Waals surface area contributed by atoms with Crippen LogP contribution in [0, 0.1) is 25.6 Å². The fourth-order valence-electron chi connectivity index (χ4n) is 4.11. The van der Waals surface area contributed by atoms with Crippen molar-refractivity contribution >= 4 is 5.69 Å². The van der Waals surface area contributed by atoms with Crippen molar-refractivity contribution in [1.29, 1.82) is 0 Å². The molecule has 0 aromatic heterocycles. The van der Waals surface area contributed by atoms with Crippen molar-refractivity contribution in [3.05, 3.63) is 76.6 Å². The molecule has 1 nitrogen and oxygen atoms in total. The smallest absolute Gasteiger partial charge is 0.128 e. The molecule has 0 bridgehead atoms. The molecule has 1 N–H and O–H groups in total. The SMILES string of the molecule is Cc1cc(C)c2c(c1)[C@@H]1C=CC[C@@H]1[C@@H](c1ccccc1F)N2. The average Bonchev–Trinajstić information content (AvgIpc) is 2.97. The molecular formula is C20H20FN. The van der Waals surface area contributed by atoms with Crippen molar-refractivity contribution in [2.24, 2.45) is 5.92 Å². The van der Waals surface area contributed by atoms with Crippen molar-refractivity contribution in [2.75, 3.05) is 5.32 Å². The van der Waals surface area contributed by atoms with Crippen molar-refractivity contribution in [2.45, 2.75) is 32.2 Å². The van der Waals surface area contributed by atoms with Crippen molar-refractivity contribution < 1.29 is 4.39 Å². The van der Waals surface area contributed by atoms with Crippen LogP contribution < -0.4 is 5.32 Å². The summed E-state index contributed by atoms with van der Waals surface area (Å²) in [5.41, 5.74) is 5.87. The summed E-state index contributed by atoms with van der Waals surface area (Å²) in [5, 5.41) is 3.64. The number of benzene rings is 2. The van der Waals surface area contributed by atoms with E-state index in [9.17, 15) is 4.39 Å². The summed E-state index contributed by atoms with van der Waals surface area (Å²) in [7, 11) is 0. The third kappa shape index (κ3) is 1.98. The number of aryl methyl sites for hydroxylation is 2. The van der Waals surface area contributed by atoms with Gasteiger partial charge in [-0.05, 0) is 43.4 Å². The van der Waals surface area contributed by atoms with E-state index in [2.05, 4.69) is 43.4 Å². The zero-order valence-electron chi connectivity index (χ0n) is 12.9. The van der Waals surface area contributed by atoms with Gasteiger partial charge >= 0.3 is 0 Å². The number of hydrogen-bond acceptors (Lipinski definition) is 1. The molecule has 2 heteroatoms. The van der Waals surface area contributed by atoms with Crippen molar-refractivity contribution in [1.82, 2.24) is 0 Å². The summed E-state index contributed by atoms with van der Waals surface area (Å²) in [6, 6.07) is 11.7. The summed E-state index contributed by atoms with van der Waals surface area (Å²) in [5.74, 6) is 0.670. The van der Waals surface area contributed by atoms with Crippen molar-refractivity contribution in [3.8, 4) is 0 Å². The molecule has 112 valence electrons. The topological polar surface area (TPSA) is 12.0 Å². The van der Waals surface area contributed by atoms with Crippen LogP contribution in [0.5, 0.6) is 0 Å². The minimum atomic E-state index is -0.112. The van der Waals surface area contributed by atoms with Gasteiger partial charge in [-0.3, -0.25) is 0 Å². The number of allylic oxidation sites excluding steroid dienone is 2. The zero-order chi connectivity index (χ0) is 15.3. The van der Waals surface area contributed by atoms with E-state index in [-0.39, 0.29) is 11.9 Å². The molecule has 0 saturated heterocycles. The first-order valence-electron chi connectivity index (χ1n) is 7.94. The molecule has 0 radical (unpaired) electrons. The Morgan fingerprint density at radius 3 is 2.73 bits per heavy atom. The Bertz CT molecular complexity index is 762. The lowest BCUT2D eigenvalue weighted by Crippen LogP contribution is -2.30. The second-order valence-corrected chi connectivity index (χ2v) is 6.54. The molecule has 0 saturated carbocycles. The third-order valence-electron chi connectivity index (χ3n) is 5.05. The van der Waals surface area contributed by atoms with E-state index in [0.29, 0.717) is 11.8 Å². The van der Waals surface area contributed by atoms with Gasteiger partial charge in [-0.2, -0.15) is 0 Å². The van der Waals surface area contributed by atoms with Gasteiger partial charge in [0.2, 0.25) is 0 Å². The van der Waals surface area contributed by atoms with Crippen molar-refractivity contribution in [3.63, 3.8) is 0 Å². The lowest BCUT2D eigenvalue weighted by atomic mass is 9.76. The lowest BCUT2D eigenvalue weighted by Gasteiger charge is -2.38. The van der Waals surface area contributed by atoms with E-state index in [1.54, 1.807) is 12.1 Å². The third-order valence-corrected chi connectivity index (χ3v) is 5.05. The summed E-state index contributed by atoms with van der Waals surface area (Å²) >= 11 is 0. The van der Waals surface area contributed by atoms with E-state index < -0.39 is 0 Å². The summed E-state index contributed by atoms with van der Waals surface area (Å²) in [6.07, 6.45) is 5.55. The predicted molar refractivity (Wildman–Crippen MR) is 88.7 cm³/mol. The normalized spacial score (nSPS) is 25.5. The van der Waals surface area contributed by atoms with Gasteiger partial charge in [-0.15, -0.1) is 0 Å². The molecule has 1 aliphatic carbocycles. The van der Waals surface area contributed by atoms with E-state index >= 15 is 0 Å². The maximum Gasteiger partial charge on any atom is 0.128 e. The summed E-state index contributed by atoms with van der Waals surface area (Å²) in [6.45, 7) is 4.28. The minimum Gasteiger partial charge on any atom is -0.377 e. The van der Waals surface area contributed by atoms with Gasteiger partial charge in [0.1, 0.15) is 5.82 Å². The Balaban J connectivity index is 1.86. The monoisotopic (exact) mass is 293 g/mol. The number of anilines is 1. The molecule has 1 heterocycles. The Morgan fingerprint density at radius 2 is 1.91 bits per heavy atom. The second kappa shape index (κ2) is 4.98. The van der Waals surface area contributed by atoms with E-state index in [0.717, 1.165) is 12.0 Å². The molecule has 2 aromatic carbocycles. The van der Waals surface area contributed by atoms with Gasteiger partial charge in [-0.1, -0.05) is 48.0 Å². The fourth-order valence-corrected chi connectivity index (χ4v) is 4.11. The zero-order valence-corrected chi connectivity index (χ0v) is 12.9. The van der Waals surface area contributed by atoms with Gasteiger partial charge in [0, 0.05) is 17.2 Å². The molecular weight excluding hydrogens is 273 g/mol. The van der Waals surface area contributed by atoms with Crippen LogP contribution in [0.25, 0.3) is 0 Å². The Labute approximate surface area is 130 Å². The maximum absolute atomic E-state index is 14.3. The van der Waals surface area contributed by atoms with Gasteiger partial charge in [0.05, 0.1) is 6.04 Å². The number of halogens is 1. The van der Waals surface area contributed by atoms with Crippen LogP contribution in [-0.4, -0.2) is 0 Å². The van der Waals surface area contributed by atoms with Crippen LogP contribution in [-0.2, 0) is 0 Å². The highest BCUT2D eigenvalue weighted by Crippen LogP contribution is 2.51. The molecule has 1 aliphatic heterocycles. The predicted octanol–water partition coefficient (Wildman–Crippen LogP) is 5.27. The van der Waals surface area contributed by atoms with Crippen LogP contribution in [0.3, 0.4) is 0 Å². The van der Waals surface area contributed by atoms with Crippen LogP contribution in [0.2, 0.25) is 0 Å². The second-order valence-electron chi connectivity index (χ2n) is 6.54. The standard InChI is InChI=1S/C20H20FN/c1-12-10-13(2)19-17(11-12)14-7-5-8-15(14)20(22-19)16-6-3-4-9-18(16)21/h3-7,9-11,14-15,20,22H,8H2,1-2H3/t14-,15+,20+/m1/s1. The van der Waals surface area contributed by atoms with Gasteiger partial charge < -0.3 is 5.32 Å². The van der Waals surface area contributed by atoms with E-state index in [1.165, 1.54) is 22.4 Å². The minimum absolute atomic E-state index is 0.0371. The Morgan fingerprint density at radius 1 is 1.09 bits per heavy atom. The highest BCUT2D eigenvalue weighted by molar-refractivity contribution is 5.65. The number of nitrogens with one attached hydrogen (secondary N) is 1. The molecule has 0 unspecified atom stereocenters. The first kappa shape index (κ1) is 13.6. The molecule has 0 fully saturated rings. The number of fused-ring (bicyclic) bond motifs is 3. The largest absolute Gasteiger partial charge is 0.377 e. The van der Waals surface area contributed by atoms with Gasteiger partial charge in [-0.25, -0.2) is 4.39 Å². The molecule has 4 rings (SSSR count). The van der Waals surface area contributed by atoms with E-state index in [1.807, 2.05) is 12.1 Å². The molecule has 0 amide bonds. The lowest BCUT2D eigenvalue weighted by molar-refractivity contribution is 0.413. The Kier molecular flexibility index (Phi) is 3.07.